The third-order valence-corrected chi connectivity index (χ3v) is 3.47. The molecule has 0 amide bonds. The second-order valence-corrected chi connectivity index (χ2v) is 4.96. The van der Waals surface area contributed by atoms with E-state index in [4.69, 9.17) is 16.7 Å². The Kier molecular flexibility index (Phi) is 3.41. The Morgan fingerprint density at radius 3 is 2.72 bits per heavy atom. The normalized spacial score (nSPS) is 16.4. The Balaban J connectivity index is 2.20. The molecule has 0 saturated heterocycles. The van der Waals surface area contributed by atoms with Crippen LogP contribution in [0.25, 0.3) is 0 Å². The van der Waals surface area contributed by atoms with Crippen molar-refractivity contribution >= 4 is 23.0 Å². The summed E-state index contributed by atoms with van der Waals surface area (Å²) in [5.74, 6) is -0.710. The Morgan fingerprint density at radius 2 is 2.22 bits per heavy atom. The molecule has 98 valence electrons. The topological polar surface area (TPSA) is 75.4 Å². The maximum absolute atomic E-state index is 13.3. The molecule has 1 aliphatic carbocycles. The largest absolute Gasteiger partial charge is 0.396 e. The van der Waals surface area contributed by atoms with Gasteiger partial charge in [-0.15, -0.1) is 0 Å². The lowest BCUT2D eigenvalue weighted by molar-refractivity contribution is -0.384. The highest BCUT2D eigenvalue weighted by Gasteiger charge is 2.42. The SMILES string of the molecule is O=[N+]([O-])c1cc(Cl)c(F)cc1NCC1(CO)CC1. The van der Waals surface area contributed by atoms with Gasteiger partial charge in [-0.25, -0.2) is 4.39 Å². The average Bonchev–Trinajstić information content (AvgIpc) is 3.10. The van der Waals surface area contributed by atoms with Gasteiger partial charge in [0.05, 0.1) is 16.6 Å². The molecule has 2 rings (SSSR count). The molecule has 1 aliphatic rings. The Bertz CT molecular complexity index is 491. The van der Waals surface area contributed by atoms with Gasteiger partial charge in [-0.1, -0.05) is 11.6 Å². The average molecular weight is 275 g/mol. The standard InChI is InChI=1S/C11H12ClFN2O3/c12-7-3-10(15(17)18)9(4-8(7)13)14-5-11(6-16)1-2-11/h3-4,14,16H,1-2,5-6H2. The fourth-order valence-electron chi connectivity index (χ4n) is 1.68. The molecule has 2 N–H and O–H groups in total. The van der Waals surface area contributed by atoms with Crippen LogP contribution in [0.15, 0.2) is 12.1 Å². The van der Waals surface area contributed by atoms with Gasteiger partial charge in [0.25, 0.3) is 5.69 Å². The molecule has 1 aromatic rings. The first kappa shape index (κ1) is 13.0. The van der Waals surface area contributed by atoms with Crippen molar-refractivity contribution in [3.8, 4) is 0 Å². The highest BCUT2D eigenvalue weighted by Crippen LogP contribution is 2.45. The van der Waals surface area contributed by atoms with E-state index in [9.17, 15) is 14.5 Å². The minimum Gasteiger partial charge on any atom is -0.396 e. The van der Waals surface area contributed by atoms with Crippen molar-refractivity contribution < 1.29 is 14.4 Å². The molecule has 7 heteroatoms. The Morgan fingerprint density at radius 1 is 1.56 bits per heavy atom. The van der Waals surface area contributed by atoms with Crippen LogP contribution >= 0.6 is 11.6 Å². The number of hydrogen-bond acceptors (Lipinski definition) is 4. The lowest BCUT2D eigenvalue weighted by atomic mass is 10.1. The first-order valence-corrected chi connectivity index (χ1v) is 5.83. The van der Waals surface area contributed by atoms with Gasteiger partial charge in [0.1, 0.15) is 11.5 Å². The number of benzene rings is 1. The number of nitro groups is 1. The molecule has 0 radical (unpaired) electrons. The molecule has 0 bridgehead atoms. The highest BCUT2D eigenvalue weighted by atomic mass is 35.5. The van der Waals surface area contributed by atoms with Crippen molar-refractivity contribution in [1.29, 1.82) is 0 Å². The smallest absolute Gasteiger partial charge is 0.294 e. The van der Waals surface area contributed by atoms with Gasteiger partial charge in [0, 0.05) is 24.1 Å². The Labute approximate surface area is 108 Å². The van der Waals surface area contributed by atoms with Crippen LogP contribution in [0.4, 0.5) is 15.8 Å². The zero-order valence-electron chi connectivity index (χ0n) is 9.45. The van der Waals surface area contributed by atoms with Crippen LogP contribution < -0.4 is 5.32 Å². The maximum Gasteiger partial charge on any atom is 0.294 e. The summed E-state index contributed by atoms with van der Waals surface area (Å²) >= 11 is 5.51. The van der Waals surface area contributed by atoms with E-state index < -0.39 is 10.7 Å². The van der Waals surface area contributed by atoms with E-state index in [0.717, 1.165) is 25.0 Å². The summed E-state index contributed by atoms with van der Waals surface area (Å²) in [5.41, 5.74) is -0.402. The fraction of sp³-hybridized carbons (Fsp3) is 0.455. The molecule has 0 unspecified atom stereocenters. The number of anilines is 1. The van der Waals surface area contributed by atoms with Crippen LogP contribution in [0.5, 0.6) is 0 Å². The van der Waals surface area contributed by atoms with E-state index in [1.807, 2.05) is 0 Å². The van der Waals surface area contributed by atoms with Crippen molar-refractivity contribution in [1.82, 2.24) is 0 Å². The van der Waals surface area contributed by atoms with Crippen molar-refractivity contribution in [3.05, 3.63) is 33.1 Å². The molecule has 1 fully saturated rings. The molecule has 18 heavy (non-hydrogen) atoms. The molecule has 5 nitrogen and oxygen atoms in total. The van der Waals surface area contributed by atoms with Crippen LogP contribution in [0.2, 0.25) is 5.02 Å². The number of aliphatic hydroxyl groups excluding tert-OH is 1. The van der Waals surface area contributed by atoms with Gasteiger partial charge < -0.3 is 10.4 Å². The summed E-state index contributed by atoms with van der Waals surface area (Å²) in [4.78, 5) is 10.2. The van der Waals surface area contributed by atoms with Crippen molar-refractivity contribution in [2.45, 2.75) is 12.8 Å². The van der Waals surface area contributed by atoms with E-state index in [2.05, 4.69) is 5.32 Å². The molecule has 0 spiro atoms. The minimum atomic E-state index is -0.710. The molecule has 0 heterocycles. The molecule has 0 aromatic heterocycles. The van der Waals surface area contributed by atoms with E-state index >= 15 is 0 Å². The van der Waals surface area contributed by atoms with Crippen LogP contribution in [0, 0.1) is 21.3 Å². The first-order chi connectivity index (χ1) is 8.47. The highest BCUT2D eigenvalue weighted by molar-refractivity contribution is 6.31. The first-order valence-electron chi connectivity index (χ1n) is 5.46. The predicted molar refractivity (Wildman–Crippen MR) is 65.3 cm³/mol. The molecular formula is C11H12ClFN2O3. The third-order valence-electron chi connectivity index (χ3n) is 3.18. The number of hydrogen-bond donors (Lipinski definition) is 2. The van der Waals surface area contributed by atoms with Crippen LogP contribution in [0.3, 0.4) is 0 Å². The monoisotopic (exact) mass is 274 g/mol. The lowest BCUT2D eigenvalue weighted by Crippen LogP contribution is -2.19. The second-order valence-electron chi connectivity index (χ2n) is 4.55. The van der Waals surface area contributed by atoms with Gasteiger partial charge in [-0.2, -0.15) is 0 Å². The number of rotatable bonds is 5. The van der Waals surface area contributed by atoms with Crippen LogP contribution in [0.1, 0.15) is 12.8 Å². The van der Waals surface area contributed by atoms with Gasteiger partial charge in [-0.3, -0.25) is 10.1 Å². The second kappa shape index (κ2) is 4.70. The van der Waals surface area contributed by atoms with Crippen molar-refractivity contribution in [2.24, 2.45) is 5.41 Å². The van der Waals surface area contributed by atoms with E-state index in [0.29, 0.717) is 6.54 Å². The van der Waals surface area contributed by atoms with Crippen LogP contribution in [-0.4, -0.2) is 23.2 Å². The van der Waals surface area contributed by atoms with Gasteiger partial charge in [-0.05, 0) is 12.8 Å². The maximum atomic E-state index is 13.3. The predicted octanol–water partition coefficient (Wildman–Crippen LogP) is 2.57. The number of aliphatic hydroxyl groups is 1. The summed E-state index contributed by atoms with van der Waals surface area (Å²) in [5, 5.41) is 22.5. The summed E-state index contributed by atoms with van der Waals surface area (Å²) in [6.45, 7) is 0.398. The zero-order valence-corrected chi connectivity index (χ0v) is 10.2. The fourth-order valence-corrected chi connectivity index (χ4v) is 1.84. The lowest BCUT2D eigenvalue weighted by Gasteiger charge is -2.14. The van der Waals surface area contributed by atoms with Crippen LogP contribution in [-0.2, 0) is 0 Å². The number of nitrogens with zero attached hydrogens (tertiary/aromatic N) is 1. The Hall–Kier alpha value is -1.40. The third kappa shape index (κ3) is 2.54. The van der Waals surface area contributed by atoms with E-state index in [1.165, 1.54) is 0 Å². The number of halogens is 2. The van der Waals surface area contributed by atoms with Gasteiger partial charge in [0.15, 0.2) is 0 Å². The molecule has 1 aromatic carbocycles. The molecule has 0 atom stereocenters. The van der Waals surface area contributed by atoms with Gasteiger partial charge >= 0.3 is 0 Å². The van der Waals surface area contributed by atoms with E-state index in [-0.39, 0.29) is 28.4 Å². The zero-order chi connectivity index (χ0) is 13.3. The van der Waals surface area contributed by atoms with Crippen molar-refractivity contribution in [2.75, 3.05) is 18.5 Å². The molecular weight excluding hydrogens is 263 g/mol. The summed E-state index contributed by atoms with van der Waals surface area (Å²) < 4.78 is 13.3. The molecule has 0 aliphatic heterocycles. The number of nitrogens with one attached hydrogen (secondary N) is 1. The van der Waals surface area contributed by atoms with E-state index in [1.54, 1.807) is 0 Å². The minimum absolute atomic E-state index is 0.0177. The van der Waals surface area contributed by atoms with Crippen molar-refractivity contribution in [3.63, 3.8) is 0 Å². The summed E-state index contributed by atoms with van der Waals surface area (Å²) in [7, 11) is 0. The number of nitro benzene ring substituents is 1. The summed E-state index contributed by atoms with van der Waals surface area (Å²) in [6, 6.07) is 1.99. The van der Waals surface area contributed by atoms with Gasteiger partial charge in [0.2, 0.25) is 0 Å². The molecule has 1 saturated carbocycles. The summed E-state index contributed by atoms with van der Waals surface area (Å²) in [6.07, 6.45) is 1.72. The quantitative estimate of drug-likeness (QED) is 0.639.